The molecule has 3 aromatic rings. The van der Waals surface area contributed by atoms with Crippen LogP contribution in [-0.2, 0) is 27.8 Å². The van der Waals surface area contributed by atoms with E-state index in [4.69, 9.17) is 0 Å². The van der Waals surface area contributed by atoms with Gasteiger partial charge in [-0.3, -0.25) is 19.6 Å². The number of halogens is 2. The van der Waals surface area contributed by atoms with Gasteiger partial charge in [-0.25, -0.2) is 17.2 Å². The molecule has 4 heterocycles. The fraction of sp³-hybridized carbons (Fsp3) is 0.433. The Labute approximate surface area is 260 Å². The van der Waals surface area contributed by atoms with Gasteiger partial charge in [-0.1, -0.05) is 0 Å². The SMILES string of the molecule is CN1CCN(c2ccc(C(=O)Nc3n[nH]c4c3CN(S(=O)(=O)c3cc(F)cc(F)c3)CC4)c(NC(=O)[C@H]3CCCN3C)c2)CC1. The van der Waals surface area contributed by atoms with Crippen molar-refractivity contribution in [2.24, 2.45) is 0 Å². The van der Waals surface area contributed by atoms with Crippen molar-refractivity contribution in [3.63, 3.8) is 0 Å². The summed E-state index contributed by atoms with van der Waals surface area (Å²) in [6.07, 6.45) is 1.89. The number of likely N-dealkylation sites (N-methyl/N-ethyl adjacent to an activating group) is 2. The number of nitrogens with zero attached hydrogens (tertiary/aromatic N) is 5. The Morgan fingerprint density at radius 3 is 2.38 bits per heavy atom. The van der Waals surface area contributed by atoms with Crippen LogP contribution in [0.15, 0.2) is 41.3 Å². The summed E-state index contributed by atoms with van der Waals surface area (Å²) in [5.41, 5.74) is 2.58. The third-order valence-corrected chi connectivity index (χ3v) is 10.6. The average Bonchev–Trinajstić information content (AvgIpc) is 3.62. The van der Waals surface area contributed by atoms with Gasteiger partial charge in [-0.15, -0.1) is 0 Å². The summed E-state index contributed by atoms with van der Waals surface area (Å²) in [7, 11) is -0.266. The number of hydrogen-bond acceptors (Lipinski definition) is 8. The van der Waals surface area contributed by atoms with Gasteiger partial charge in [0, 0.05) is 68.7 Å². The largest absolute Gasteiger partial charge is 0.369 e. The molecular weight excluding hydrogens is 606 g/mol. The van der Waals surface area contributed by atoms with Gasteiger partial charge in [0.1, 0.15) is 11.6 Å². The van der Waals surface area contributed by atoms with E-state index in [1.165, 1.54) is 0 Å². The van der Waals surface area contributed by atoms with Gasteiger partial charge in [-0.05, 0) is 63.8 Å². The quantitative estimate of drug-likeness (QED) is 0.358. The van der Waals surface area contributed by atoms with Crippen LogP contribution in [0.25, 0.3) is 0 Å². The van der Waals surface area contributed by atoms with E-state index in [2.05, 4.69) is 37.7 Å². The van der Waals surface area contributed by atoms with Crippen LogP contribution in [0.5, 0.6) is 0 Å². The normalized spacial score (nSPS) is 19.8. The zero-order valence-corrected chi connectivity index (χ0v) is 26.0. The number of anilines is 3. The summed E-state index contributed by atoms with van der Waals surface area (Å²) < 4.78 is 55.3. The van der Waals surface area contributed by atoms with Crippen LogP contribution < -0.4 is 15.5 Å². The summed E-state index contributed by atoms with van der Waals surface area (Å²) in [6.45, 7) is 4.11. The molecule has 0 saturated carbocycles. The number of rotatable bonds is 7. The number of aromatic amines is 1. The van der Waals surface area contributed by atoms with Crippen molar-refractivity contribution in [1.29, 1.82) is 0 Å². The highest BCUT2D eigenvalue weighted by Crippen LogP contribution is 2.31. The van der Waals surface area contributed by atoms with Crippen LogP contribution in [0, 0.1) is 11.6 Å². The maximum absolute atomic E-state index is 13.8. The highest BCUT2D eigenvalue weighted by molar-refractivity contribution is 7.89. The predicted octanol–water partition coefficient (Wildman–Crippen LogP) is 2.47. The molecule has 2 saturated heterocycles. The van der Waals surface area contributed by atoms with Crippen LogP contribution in [-0.4, -0.2) is 104 Å². The van der Waals surface area contributed by atoms with E-state index >= 15 is 0 Å². The number of likely N-dealkylation sites (tertiary alicyclic amines) is 1. The van der Waals surface area contributed by atoms with E-state index in [-0.39, 0.29) is 42.8 Å². The Morgan fingerprint density at radius 2 is 1.69 bits per heavy atom. The number of aromatic nitrogens is 2. The molecule has 15 heteroatoms. The van der Waals surface area contributed by atoms with E-state index < -0.39 is 32.5 Å². The number of carbonyl (C=O) groups excluding carboxylic acids is 2. The Hall–Kier alpha value is -3.92. The third-order valence-electron chi connectivity index (χ3n) is 8.80. The predicted molar refractivity (Wildman–Crippen MR) is 165 cm³/mol. The topological polar surface area (TPSA) is 134 Å². The summed E-state index contributed by atoms with van der Waals surface area (Å²) in [5, 5.41) is 12.9. The second kappa shape index (κ2) is 12.5. The molecule has 12 nitrogen and oxygen atoms in total. The number of benzene rings is 2. The standard InChI is InChI=1S/C30H36F2N8O4S/c1-37-10-12-39(13-11-37)21-5-6-23(26(17-21)33-30(42)27-4-3-8-38(27)2)29(41)34-28-24-18-40(9-7-25(24)35-36-28)45(43,44)22-15-19(31)14-20(32)16-22/h5-6,14-17,27H,3-4,7-13,18H2,1-2H3,(H,33,42)(H2,34,35,36,41)/t27-/m1/s1. The maximum Gasteiger partial charge on any atom is 0.258 e. The Balaban J connectivity index is 1.25. The zero-order chi connectivity index (χ0) is 31.9. The molecule has 240 valence electrons. The first kappa shape index (κ1) is 31.1. The summed E-state index contributed by atoms with van der Waals surface area (Å²) >= 11 is 0. The molecule has 2 aromatic carbocycles. The number of nitrogens with one attached hydrogen (secondary N) is 3. The number of piperazine rings is 1. The number of hydrogen-bond donors (Lipinski definition) is 3. The lowest BCUT2D eigenvalue weighted by Gasteiger charge is -2.34. The second-order valence-electron chi connectivity index (χ2n) is 11.8. The molecule has 0 radical (unpaired) electrons. The molecule has 0 unspecified atom stereocenters. The minimum absolute atomic E-state index is 0.0581. The number of H-pyrrole nitrogens is 1. The van der Waals surface area contributed by atoms with Gasteiger partial charge in [0.2, 0.25) is 15.9 Å². The minimum Gasteiger partial charge on any atom is -0.369 e. The summed E-state index contributed by atoms with van der Waals surface area (Å²) in [6, 6.07) is 7.20. The molecule has 1 atom stereocenters. The molecule has 0 spiro atoms. The number of fused-ring (bicyclic) bond motifs is 1. The molecule has 2 fully saturated rings. The van der Waals surface area contributed by atoms with Gasteiger partial charge in [0.15, 0.2) is 5.82 Å². The molecule has 3 aliphatic heterocycles. The lowest BCUT2D eigenvalue weighted by atomic mass is 10.1. The van der Waals surface area contributed by atoms with E-state index in [0.717, 1.165) is 67.7 Å². The fourth-order valence-corrected chi connectivity index (χ4v) is 7.58. The first-order chi connectivity index (χ1) is 21.5. The minimum atomic E-state index is -4.24. The van der Waals surface area contributed by atoms with Gasteiger partial charge in [0.05, 0.1) is 22.2 Å². The molecule has 0 bridgehead atoms. The smallest absolute Gasteiger partial charge is 0.258 e. The maximum atomic E-state index is 13.8. The van der Waals surface area contributed by atoms with Gasteiger partial charge >= 0.3 is 0 Å². The van der Waals surface area contributed by atoms with Gasteiger partial charge in [0.25, 0.3) is 5.91 Å². The fourth-order valence-electron chi connectivity index (χ4n) is 6.13. The van der Waals surface area contributed by atoms with E-state index in [9.17, 15) is 26.8 Å². The summed E-state index contributed by atoms with van der Waals surface area (Å²) in [5.74, 6) is -2.58. The molecule has 6 rings (SSSR count). The van der Waals surface area contributed by atoms with Crippen molar-refractivity contribution in [3.8, 4) is 0 Å². The highest BCUT2D eigenvalue weighted by atomic mass is 32.2. The van der Waals surface area contributed by atoms with E-state index in [1.807, 2.05) is 24.1 Å². The molecular formula is C30H36F2N8O4S. The Kier molecular flexibility index (Phi) is 8.61. The van der Waals surface area contributed by atoms with Crippen LogP contribution >= 0.6 is 0 Å². The first-order valence-corrected chi connectivity index (χ1v) is 16.4. The van der Waals surface area contributed by atoms with Gasteiger partial charge in [-0.2, -0.15) is 9.40 Å². The first-order valence-electron chi connectivity index (χ1n) is 14.9. The Morgan fingerprint density at radius 1 is 0.956 bits per heavy atom. The lowest BCUT2D eigenvalue weighted by Crippen LogP contribution is -2.44. The third kappa shape index (κ3) is 6.43. The zero-order valence-electron chi connectivity index (χ0n) is 25.1. The Bertz CT molecular complexity index is 1700. The second-order valence-corrected chi connectivity index (χ2v) is 13.8. The van der Waals surface area contributed by atoms with Crippen molar-refractivity contribution < 1.29 is 26.8 Å². The van der Waals surface area contributed by atoms with Gasteiger partial charge < -0.3 is 20.4 Å². The van der Waals surface area contributed by atoms with Crippen LogP contribution in [0.4, 0.5) is 26.0 Å². The molecule has 2 amide bonds. The molecule has 0 aliphatic carbocycles. The van der Waals surface area contributed by atoms with E-state index in [0.29, 0.717) is 23.0 Å². The van der Waals surface area contributed by atoms with Crippen molar-refractivity contribution in [2.45, 2.75) is 36.7 Å². The lowest BCUT2D eigenvalue weighted by molar-refractivity contribution is -0.119. The summed E-state index contributed by atoms with van der Waals surface area (Å²) in [4.78, 5) is 33.0. The monoisotopic (exact) mass is 642 g/mol. The van der Waals surface area contributed by atoms with Crippen molar-refractivity contribution in [2.75, 3.05) is 68.9 Å². The highest BCUT2D eigenvalue weighted by Gasteiger charge is 2.33. The molecule has 1 aromatic heterocycles. The number of sulfonamides is 1. The van der Waals surface area contributed by atoms with Crippen molar-refractivity contribution in [3.05, 3.63) is 64.9 Å². The molecule has 3 N–H and O–H groups in total. The molecule has 3 aliphatic rings. The number of amides is 2. The van der Waals surface area contributed by atoms with Crippen LogP contribution in [0.2, 0.25) is 0 Å². The van der Waals surface area contributed by atoms with E-state index in [1.54, 1.807) is 6.07 Å². The van der Waals surface area contributed by atoms with Crippen molar-refractivity contribution in [1.82, 2.24) is 24.3 Å². The number of carbonyl (C=O) groups is 2. The molecule has 45 heavy (non-hydrogen) atoms. The average molecular weight is 643 g/mol. The van der Waals surface area contributed by atoms with Crippen LogP contribution in [0.3, 0.4) is 0 Å². The van der Waals surface area contributed by atoms with Crippen molar-refractivity contribution >= 4 is 39.0 Å². The van der Waals surface area contributed by atoms with Crippen LogP contribution in [0.1, 0.15) is 34.5 Å².